The second-order valence-corrected chi connectivity index (χ2v) is 7.11. The minimum Gasteiger partial charge on any atom is -0.462 e. The summed E-state index contributed by atoms with van der Waals surface area (Å²) in [6.07, 6.45) is 1.93. The lowest BCUT2D eigenvalue weighted by Crippen LogP contribution is -2.04. The number of hydrogen-bond acceptors (Lipinski definition) is 5. The second-order valence-electron chi connectivity index (χ2n) is 6.09. The van der Waals surface area contributed by atoms with E-state index in [0.717, 1.165) is 31.7 Å². The molecule has 0 spiro atoms. The van der Waals surface area contributed by atoms with Crippen molar-refractivity contribution in [2.24, 2.45) is 0 Å². The van der Waals surface area contributed by atoms with Gasteiger partial charge in [0.2, 0.25) is 0 Å². The molecule has 0 atom stereocenters. The number of esters is 1. The molecule has 0 amide bonds. The van der Waals surface area contributed by atoms with Crippen LogP contribution in [0.5, 0.6) is 0 Å². The highest BCUT2D eigenvalue weighted by atomic mass is 32.1. The van der Waals surface area contributed by atoms with Crippen LogP contribution in [0.1, 0.15) is 22.8 Å². The van der Waals surface area contributed by atoms with Gasteiger partial charge >= 0.3 is 5.97 Å². The van der Waals surface area contributed by atoms with Crippen molar-refractivity contribution in [3.05, 3.63) is 69.9 Å². The number of nitro benzene ring substituents is 1. The van der Waals surface area contributed by atoms with Crippen molar-refractivity contribution in [3.8, 4) is 10.4 Å². The number of ether oxygens (including phenoxy) is 1. The Morgan fingerprint density at radius 2 is 1.96 bits per heavy atom. The predicted molar refractivity (Wildman–Crippen MR) is 106 cm³/mol. The van der Waals surface area contributed by atoms with Gasteiger partial charge in [-0.15, -0.1) is 11.3 Å². The minimum atomic E-state index is -0.413. The van der Waals surface area contributed by atoms with Gasteiger partial charge in [-0.2, -0.15) is 0 Å². The molecule has 0 aliphatic heterocycles. The molecule has 4 aromatic rings. The van der Waals surface area contributed by atoms with E-state index in [1.54, 1.807) is 19.1 Å². The van der Waals surface area contributed by atoms with E-state index in [-0.39, 0.29) is 11.7 Å². The quantitative estimate of drug-likeness (QED) is 0.277. The van der Waals surface area contributed by atoms with Crippen LogP contribution in [0.25, 0.3) is 26.2 Å². The molecule has 0 bridgehead atoms. The van der Waals surface area contributed by atoms with Crippen LogP contribution in [0.15, 0.2) is 48.7 Å². The molecule has 3 aromatic heterocycles. The predicted octanol–water partition coefficient (Wildman–Crippen LogP) is 5.21. The number of carbonyl (C=O) groups is 1. The van der Waals surface area contributed by atoms with Gasteiger partial charge in [-0.05, 0) is 49.2 Å². The number of thiophene rings is 1. The Kier molecular flexibility index (Phi) is 4.16. The Morgan fingerprint density at radius 1 is 1.22 bits per heavy atom. The topological polar surface area (TPSA) is 73.8 Å². The average molecular weight is 380 g/mol. The van der Waals surface area contributed by atoms with Crippen LogP contribution in [-0.4, -0.2) is 21.9 Å². The highest BCUT2D eigenvalue weighted by molar-refractivity contribution is 7.23. The molecule has 0 saturated carbocycles. The first kappa shape index (κ1) is 17.2. The standard InChI is InChI=1S/C20H16N2O4S/c1-3-26-20(23)16-15-6-4-5-11-21(15)17-12(2)18(27-19(16)17)13-7-9-14(10-8-13)22(24)25/h4-11H,3H2,1-2H3. The van der Waals surface area contributed by atoms with Gasteiger partial charge in [-0.25, -0.2) is 4.79 Å². The molecule has 7 heteroatoms. The molecule has 0 aliphatic carbocycles. The Hall–Kier alpha value is -3.19. The summed E-state index contributed by atoms with van der Waals surface area (Å²) < 4.78 is 8.15. The second kappa shape index (κ2) is 6.51. The summed E-state index contributed by atoms with van der Waals surface area (Å²) in [4.78, 5) is 24.1. The lowest BCUT2D eigenvalue weighted by Gasteiger charge is -2.03. The van der Waals surface area contributed by atoms with Crippen LogP contribution in [0.3, 0.4) is 0 Å². The fraction of sp³-hybridized carbons (Fsp3) is 0.150. The zero-order valence-electron chi connectivity index (χ0n) is 14.8. The molecule has 0 unspecified atom stereocenters. The number of benzene rings is 1. The third-order valence-corrected chi connectivity index (χ3v) is 5.87. The number of fused-ring (bicyclic) bond motifs is 3. The summed E-state index contributed by atoms with van der Waals surface area (Å²) in [6.45, 7) is 4.10. The van der Waals surface area contributed by atoms with Gasteiger partial charge in [0, 0.05) is 23.2 Å². The molecule has 0 aliphatic rings. The highest BCUT2D eigenvalue weighted by Crippen LogP contribution is 2.42. The van der Waals surface area contributed by atoms with Gasteiger partial charge in [-0.3, -0.25) is 10.1 Å². The molecule has 6 nitrogen and oxygen atoms in total. The van der Waals surface area contributed by atoms with Crippen molar-refractivity contribution in [3.63, 3.8) is 0 Å². The third kappa shape index (κ3) is 2.67. The largest absolute Gasteiger partial charge is 0.462 e. The number of nitrogens with zero attached hydrogens (tertiary/aromatic N) is 2. The maximum atomic E-state index is 12.6. The van der Waals surface area contributed by atoms with Crippen molar-refractivity contribution in [1.29, 1.82) is 0 Å². The molecule has 3 heterocycles. The van der Waals surface area contributed by atoms with Crippen LogP contribution >= 0.6 is 11.3 Å². The van der Waals surface area contributed by atoms with Gasteiger partial charge in [0.05, 0.1) is 27.3 Å². The molecule has 27 heavy (non-hydrogen) atoms. The van der Waals surface area contributed by atoms with Crippen molar-refractivity contribution < 1.29 is 14.5 Å². The summed E-state index contributed by atoms with van der Waals surface area (Å²) in [6, 6.07) is 12.2. The van der Waals surface area contributed by atoms with Gasteiger partial charge in [0.25, 0.3) is 5.69 Å². The Labute approximate surface area is 158 Å². The van der Waals surface area contributed by atoms with E-state index >= 15 is 0 Å². The van der Waals surface area contributed by atoms with E-state index in [9.17, 15) is 14.9 Å². The lowest BCUT2D eigenvalue weighted by molar-refractivity contribution is -0.384. The number of rotatable bonds is 4. The highest BCUT2D eigenvalue weighted by Gasteiger charge is 2.24. The number of nitro groups is 1. The fourth-order valence-corrected chi connectivity index (χ4v) is 4.68. The summed E-state index contributed by atoms with van der Waals surface area (Å²) >= 11 is 1.51. The first-order chi connectivity index (χ1) is 13.0. The fourth-order valence-electron chi connectivity index (χ4n) is 3.33. The number of carbonyl (C=O) groups excluding carboxylic acids is 1. The first-order valence-corrected chi connectivity index (χ1v) is 9.28. The summed E-state index contributed by atoms with van der Waals surface area (Å²) in [5.41, 5.74) is 4.31. The van der Waals surface area contributed by atoms with E-state index in [1.165, 1.54) is 23.5 Å². The summed E-state index contributed by atoms with van der Waals surface area (Å²) in [5, 5.41) is 10.9. The maximum absolute atomic E-state index is 12.6. The van der Waals surface area contributed by atoms with E-state index in [4.69, 9.17) is 4.74 Å². The maximum Gasteiger partial charge on any atom is 0.341 e. The number of aromatic nitrogens is 1. The Morgan fingerprint density at radius 3 is 2.63 bits per heavy atom. The number of aryl methyl sites for hydroxylation is 1. The molecular weight excluding hydrogens is 364 g/mol. The minimum absolute atomic E-state index is 0.0546. The van der Waals surface area contributed by atoms with Crippen LogP contribution in [0, 0.1) is 17.0 Å². The Bertz CT molecular complexity index is 1190. The average Bonchev–Trinajstić information content (AvgIpc) is 3.16. The summed E-state index contributed by atoms with van der Waals surface area (Å²) in [5.74, 6) is -0.340. The molecule has 0 fully saturated rings. The third-order valence-electron chi connectivity index (χ3n) is 4.52. The molecule has 0 radical (unpaired) electrons. The van der Waals surface area contributed by atoms with Gasteiger partial charge in [0.15, 0.2) is 0 Å². The normalized spacial score (nSPS) is 11.2. The zero-order valence-corrected chi connectivity index (χ0v) is 15.6. The monoisotopic (exact) mass is 380 g/mol. The SMILES string of the molecule is CCOC(=O)c1c2sc(-c3ccc([N+](=O)[O-])cc3)c(C)c2n2ccccc12. The molecule has 0 saturated heterocycles. The van der Waals surface area contributed by atoms with Crippen LogP contribution < -0.4 is 0 Å². The van der Waals surface area contributed by atoms with E-state index in [1.807, 2.05) is 35.7 Å². The van der Waals surface area contributed by atoms with Gasteiger partial charge < -0.3 is 9.14 Å². The number of pyridine rings is 1. The van der Waals surface area contributed by atoms with E-state index < -0.39 is 4.92 Å². The van der Waals surface area contributed by atoms with Crippen molar-refractivity contribution >= 4 is 38.7 Å². The molecule has 0 N–H and O–H groups in total. The molecular formula is C20H16N2O4S. The van der Waals surface area contributed by atoms with Gasteiger partial charge in [-0.1, -0.05) is 6.07 Å². The van der Waals surface area contributed by atoms with Gasteiger partial charge in [0.1, 0.15) is 5.56 Å². The molecule has 136 valence electrons. The van der Waals surface area contributed by atoms with Crippen molar-refractivity contribution in [2.75, 3.05) is 6.61 Å². The zero-order chi connectivity index (χ0) is 19.1. The van der Waals surface area contributed by atoms with Crippen LogP contribution in [0.4, 0.5) is 5.69 Å². The van der Waals surface area contributed by atoms with Crippen LogP contribution in [0.2, 0.25) is 0 Å². The smallest absolute Gasteiger partial charge is 0.341 e. The Balaban J connectivity index is 1.97. The van der Waals surface area contributed by atoms with E-state index in [2.05, 4.69) is 0 Å². The molecule has 1 aromatic carbocycles. The van der Waals surface area contributed by atoms with Crippen molar-refractivity contribution in [2.45, 2.75) is 13.8 Å². The number of non-ortho nitro benzene ring substituents is 1. The lowest BCUT2D eigenvalue weighted by atomic mass is 10.1. The van der Waals surface area contributed by atoms with Crippen LogP contribution in [-0.2, 0) is 4.74 Å². The van der Waals surface area contributed by atoms with Crippen molar-refractivity contribution in [1.82, 2.24) is 4.40 Å². The molecule has 4 rings (SSSR count). The first-order valence-electron chi connectivity index (χ1n) is 8.47. The van der Waals surface area contributed by atoms with E-state index in [0.29, 0.717) is 12.2 Å². The summed E-state index contributed by atoms with van der Waals surface area (Å²) in [7, 11) is 0. The number of hydrogen-bond donors (Lipinski definition) is 0.